The van der Waals surface area contributed by atoms with Gasteiger partial charge in [-0.15, -0.1) is 5.10 Å². The van der Waals surface area contributed by atoms with Crippen molar-refractivity contribution in [1.29, 1.82) is 0 Å². The summed E-state index contributed by atoms with van der Waals surface area (Å²) in [5.41, 5.74) is 0.230. The number of rotatable bonds is 4. The van der Waals surface area contributed by atoms with Crippen molar-refractivity contribution in [1.82, 2.24) is 25.0 Å². The molecule has 4 atom stereocenters. The van der Waals surface area contributed by atoms with Gasteiger partial charge in [0.05, 0.1) is 25.4 Å². The van der Waals surface area contributed by atoms with Crippen molar-refractivity contribution in [3.05, 3.63) is 15.1 Å². The Morgan fingerprint density at radius 1 is 1.40 bits per heavy atom. The van der Waals surface area contributed by atoms with E-state index in [9.17, 15) is 4.79 Å². The highest BCUT2D eigenvalue weighted by atomic mass is 32.1. The zero-order chi connectivity index (χ0) is 17.8. The van der Waals surface area contributed by atoms with E-state index in [-0.39, 0.29) is 47.9 Å². The summed E-state index contributed by atoms with van der Waals surface area (Å²) in [6.45, 7) is 3.81. The Morgan fingerprint density at radius 2 is 2.16 bits per heavy atom. The second kappa shape index (κ2) is 5.95. The summed E-state index contributed by atoms with van der Waals surface area (Å²) in [6, 6.07) is -0.243. The number of aliphatic hydroxyl groups excluding tert-OH is 1. The van der Waals surface area contributed by atoms with E-state index in [1.54, 1.807) is 4.68 Å². The third-order valence-electron chi connectivity index (χ3n) is 4.49. The van der Waals surface area contributed by atoms with Crippen molar-refractivity contribution in [2.24, 2.45) is 0 Å². The highest BCUT2D eigenvalue weighted by molar-refractivity contribution is 7.71. The van der Waals surface area contributed by atoms with Gasteiger partial charge in [0.1, 0.15) is 12.2 Å². The Morgan fingerprint density at radius 3 is 2.92 bits per heavy atom. The number of aromatic nitrogens is 5. The lowest BCUT2D eigenvalue weighted by Crippen LogP contribution is -2.31. The molecule has 1 aliphatic heterocycles. The van der Waals surface area contributed by atoms with E-state index in [4.69, 9.17) is 31.5 Å². The van der Waals surface area contributed by atoms with Crippen LogP contribution in [0.2, 0.25) is 0 Å². The number of H-pyrrole nitrogens is 2. The molecule has 0 aromatic carbocycles. The summed E-state index contributed by atoms with van der Waals surface area (Å²) in [7, 11) is 0. The average molecular weight is 369 g/mol. The molecular weight excluding hydrogens is 350 g/mol. The summed E-state index contributed by atoms with van der Waals surface area (Å²) in [4.78, 5) is 17.4. The second-order valence-electron chi connectivity index (χ2n) is 6.64. The van der Waals surface area contributed by atoms with Gasteiger partial charge in [-0.05, 0) is 26.1 Å². The molecule has 25 heavy (non-hydrogen) atoms. The van der Waals surface area contributed by atoms with Gasteiger partial charge in [0.25, 0.3) is 5.56 Å². The fourth-order valence-electron chi connectivity index (χ4n) is 3.61. The van der Waals surface area contributed by atoms with Crippen LogP contribution in [0.1, 0.15) is 26.3 Å². The molecular formula is C14H19N5O5S. The highest BCUT2D eigenvalue weighted by Gasteiger charge is 2.55. The number of hydrogen-bond acceptors (Lipinski definition) is 8. The van der Waals surface area contributed by atoms with E-state index >= 15 is 0 Å². The van der Waals surface area contributed by atoms with Crippen molar-refractivity contribution in [3.63, 3.8) is 0 Å². The van der Waals surface area contributed by atoms with E-state index < -0.39 is 11.3 Å². The Bertz CT molecular complexity index is 905. The Hall–Kier alpha value is -1.66. The van der Waals surface area contributed by atoms with Crippen LogP contribution < -0.4 is 5.56 Å². The molecule has 0 spiro atoms. The fraction of sp³-hybridized carbons (Fsp3) is 0.714. The normalized spacial score (nSPS) is 30.8. The molecule has 1 saturated carbocycles. The maximum absolute atomic E-state index is 12.0. The third kappa shape index (κ3) is 2.81. The van der Waals surface area contributed by atoms with Gasteiger partial charge >= 0.3 is 0 Å². The molecule has 11 heteroatoms. The molecule has 0 bridgehead atoms. The summed E-state index contributed by atoms with van der Waals surface area (Å²) in [6.07, 6.45) is -0.314. The van der Waals surface area contributed by atoms with Crippen molar-refractivity contribution in [2.45, 2.75) is 50.4 Å². The van der Waals surface area contributed by atoms with Gasteiger partial charge in [0.15, 0.2) is 21.7 Å². The Labute approximate surface area is 147 Å². The van der Waals surface area contributed by atoms with Crippen LogP contribution in [0.25, 0.3) is 11.2 Å². The van der Waals surface area contributed by atoms with Crippen LogP contribution in [-0.4, -0.2) is 67.4 Å². The number of fused-ring (bicyclic) bond motifs is 2. The van der Waals surface area contributed by atoms with Gasteiger partial charge in [0, 0.05) is 6.42 Å². The first-order valence-corrected chi connectivity index (χ1v) is 8.46. The third-order valence-corrected chi connectivity index (χ3v) is 4.69. The maximum Gasteiger partial charge on any atom is 0.281 e. The number of aliphatic hydroxyl groups is 1. The van der Waals surface area contributed by atoms with Crippen LogP contribution in [0.15, 0.2) is 4.79 Å². The number of ether oxygens (including phenoxy) is 3. The van der Waals surface area contributed by atoms with Crippen molar-refractivity contribution in [2.75, 3.05) is 13.2 Å². The molecule has 3 heterocycles. The summed E-state index contributed by atoms with van der Waals surface area (Å²) in [5.74, 6) is -0.754. The van der Waals surface area contributed by atoms with E-state index in [0.717, 1.165) is 0 Å². The van der Waals surface area contributed by atoms with E-state index in [1.165, 1.54) is 0 Å². The topological polar surface area (TPSA) is 127 Å². The van der Waals surface area contributed by atoms with Crippen LogP contribution in [-0.2, 0) is 14.2 Å². The lowest BCUT2D eigenvalue weighted by Gasteiger charge is -2.23. The maximum atomic E-state index is 12.0. The van der Waals surface area contributed by atoms with Gasteiger partial charge in [-0.1, -0.05) is 5.21 Å². The largest absolute Gasteiger partial charge is 0.394 e. The quantitative estimate of drug-likeness (QED) is 0.644. The van der Waals surface area contributed by atoms with Gasteiger partial charge < -0.3 is 24.3 Å². The van der Waals surface area contributed by atoms with Gasteiger partial charge in [-0.25, -0.2) is 4.68 Å². The summed E-state index contributed by atoms with van der Waals surface area (Å²) >= 11 is 5.05. The smallest absolute Gasteiger partial charge is 0.281 e. The van der Waals surface area contributed by atoms with E-state index in [0.29, 0.717) is 12.1 Å². The van der Waals surface area contributed by atoms with Crippen molar-refractivity contribution in [3.8, 4) is 0 Å². The fourth-order valence-corrected chi connectivity index (χ4v) is 3.80. The molecule has 3 N–H and O–H groups in total. The number of nitrogens with one attached hydrogen (secondary N) is 2. The zero-order valence-corrected chi connectivity index (χ0v) is 14.6. The van der Waals surface area contributed by atoms with E-state index in [2.05, 4.69) is 20.3 Å². The second-order valence-corrected chi connectivity index (χ2v) is 7.05. The number of nitrogens with zero attached hydrogens (tertiary/aromatic N) is 3. The predicted octanol–water partition coefficient (Wildman–Crippen LogP) is 0.0196. The molecule has 10 nitrogen and oxygen atoms in total. The van der Waals surface area contributed by atoms with E-state index in [1.807, 2.05) is 13.8 Å². The molecule has 2 fully saturated rings. The minimum Gasteiger partial charge on any atom is -0.394 e. The van der Waals surface area contributed by atoms with Crippen LogP contribution in [0.4, 0.5) is 0 Å². The minimum atomic E-state index is -0.754. The molecule has 0 unspecified atom stereocenters. The predicted molar refractivity (Wildman–Crippen MR) is 87.6 cm³/mol. The number of hydrogen-bond donors (Lipinski definition) is 3. The lowest BCUT2D eigenvalue weighted by atomic mass is 10.2. The minimum absolute atomic E-state index is 0.0719. The highest BCUT2D eigenvalue weighted by Crippen LogP contribution is 2.45. The standard InChI is InChI=1S/C14H19N5O5S/c1-14(2)23-9-6(5-7(10(9)24-14)22-4-3-20)19-11-8(17-18-19)12(21)16-13(25)15-11/h6-7,9-10,20H,3-5H2,1-2H3,(H2,15,16,21,25)/t6-,7+,9+,10-/m1/s1. The van der Waals surface area contributed by atoms with Crippen LogP contribution >= 0.6 is 12.2 Å². The zero-order valence-electron chi connectivity index (χ0n) is 13.8. The van der Waals surface area contributed by atoms with Crippen molar-refractivity contribution < 1.29 is 19.3 Å². The van der Waals surface area contributed by atoms with Gasteiger partial charge in [-0.3, -0.25) is 9.78 Å². The average Bonchev–Trinajstić information content (AvgIpc) is 3.16. The van der Waals surface area contributed by atoms with Crippen molar-refractivity contribution >= 4 is 23.4 Å². The first-order valence-electron chi connectivity index (χ1n) is 8.05. The molecule has 2 aromatic rings. The summed E-state index contributed by atoms with van der Waals surface area (Å²) in [5, 5.41) is 17.1. The lowest BCUT2D eigenvalue weighted by molar-refractivity contribution is -0.171. The van der Waals surface area contributed by atoms with Gasteiger partial charge in [0.2, 0.25) is 0 Å². The van der Waals surface area contributed by atoms with Crippen LogP contribution in [0.3, 0.4) is 0 Å². The molecule has 1 saturated heterocycles. The monoisotopic (exact) mass is 369 g/mol. The first-order chi connectivity index (χ1) is 11.9. The Kier molecular flexibility index (Phi) is 4.00. The summed E-state index contributed by atoms with van der Waals surface area (Å²) < 4.78 is 19.6. The molecule has 4 rings (SSSR count). The number of aromatic amines is 2. The molecule has 0 amide bonds. The molecule has 2 aliphatic rings. The molecule has 136 valence electrons. The van der Waals surface area contributed by atoms with Crippen LogP contribution in [0, 0.1) is 4.77 Å². The Balaban J connectivity index is 1.75. The van der Waals surface area contributed by atoms with Gasteiger partial charge in [-0.2, -0.15) is 0 Å². The first kappa shape index (κ1) is 16.8. The molecule has 0 radical (unpaired) electrons. The molecule has 2 aromatic heterocycles. The van der Waals surface area contributed by atoms with Crippen LogP contribution in [0.5, 0.6) is 0 Å². The molecule has 1 aliphatic carbocycles. The SMILES string of the molecule is CC1(C)O[C@@H]2[C@H](O1)[C@@H](OCCO)C[C@H]2n1nnc2c(=O)[nH]c(=S)[nH]c21.